The van der Waals surface area contributed by atoms with E-state index in [0.29, 0.717) is 23.4 Å². The monoisotopic (exact) mass is 254 g/mol. The quantitative estimate of drug-likeness (QED) is 0.751. The molecule has 0 aromatic carbocycles. The second-order valence-corrected chi connectivity index (χ2v) is 6.92. The third-order valence-corrected chi connectivity index (χ3v) is 5.05. The average molecular weight is 254 g/mol. The predicted octanol–water partition coefficient (Wildman–Crippen LogP) is 3.65. The van der Waals surface area contributed by atoms with Crippen LogP contribution in [0.4, 0.5) is 0 Å². The Balaban J connectivity index is 2.55. The van der Waals surface area contributed by atoms with E-state index in [1.54, 1.807) is 0 Å². The number of unbranched alkanes of at least 4 members (excludes halogenated alkanes) is 1. The van der Waals surface area contributed by atoms with E-state index in [2.05, 4.69) is 39.5 Å². The Bertz CT molecular complexity index is 237. The van der Waals surface area contributed by atoms with E-state index in [1.807, 2.05) is 0 Å². The molecule has 0 aliphatic heterocycles. The number of rotatable bonds is 7. The van der Waals surface area contributed by atoms with Crippen molar-refractivity contribution in [1.29, 1.82) is 0 Å². The zero-order valence-electron chi connectivity index (χ0n) is 13.2. The van der Waals surface area contributed by atoms with Crippen molar-refractivity contribution in [3.63, 3.8) is 0 Å². The van der Waals surface area contributed by atoms with Crippen molar-refractivity contribution >= 4 is 0 Å². The number of nitrogens with zero attached hydrogens (tertiary/aromatic N) is 1. The molecule has 0 heterocycles. The van der Waals surface area contributed by atoms with Crippen LogP contribution in [0.25, 0.3) is 0 Å². The molecule has 1 aliphatic carbocycles. The van der Waals surface area contributed by atoms with Gasteiger partial charge in [-0.25, -0.2) is 0 Å². The summed E-state index contributed by atoms with van der Waals surface area (Å²) in [5.41, 5.74) is 6.79. The fraction of sp³-hybridized carbons (Fsp3) is 1.00. The molecule has 1 aliphatic rings. The fourth-order valence-corrected chi connectivity index (χ4v) is 3.16. The molecule has 0 saturated heterocycles. The molecule has 0 bridgehead atoms. The summed E-state index contributed by atoms with van der Waals surface area (Å²) in [4.78, 5) is 2.68. The minimum Gasteiger partial charge on any atom is -0.327 e. The summed E-state index contributed by atoms with van der Waals surface area (Å²) in [7, 11) is 0. The van der Waals surface area contributed by atoms with Crippen LogP contribution in [0.1, 0.15) is 66.7 Å². The second-order valence-electron chi connectivity index (χ2n) is 6.92. The SMILES string of the molecule is CCCCN(CC1CCC(C)(C)C1N)C(C)CC. The van der Waals surface area contributed by atoms with Gasteiger partial charge in [-0.05, 0) is 50.5 Å². The van der Waals surface area contributed by atoms with Crippen molar-refractivity contribution in [1.82, 2.24) is 4.90 Å². The largest absolute Gasteiger partial charge is 0.327 e. The Labute approximate surface area is 114 Å². The van der Waals surface area contributed by atoms with Crippen molar-refractivity contribution < 1.29 is 0 Å². The summed E-state index contributed by atoms with van der Waals surface area (Å²) in [5.74, 6) is 0.700. The molecule has 1 rings (SSSR count). The molecular weight excluding hydrogens is 220 g/mol. The maximum absolute atomic E-state index is 6.45. The first-order valence-corrected chi connectivity index (χ1v) is 7.92. The third-order valence-electron chi connectivity index (χ3n) is 5.05. The highest BCUT2D eigenvalue weighted by Crippen LogP contribution is 2.40. The molecule has 2 heteroatoms. The first kappa shape index (κ1) is 16.0. The van der Waals surface area contributed by atoms with Gasteiger partial charge >= 0.3 is 0 Å². The van der Waals surface area contributed by atoms with Gasteiger partial charge in [0, 0.05) is 18.6 Å². The lowest BCUT2D eigenvalue weighted by Gasteiger charge is -2.34. The molecule has 108 valence electrons. The van der Waals surface area contributed by atoms with Crippen LogP contribution in [0.15, 0.2) is 0 Å². The molecular formula is C16H34N2. The highest BCUT2D eigenvalue weighted by Gasteiger charge is 2.40. The van der Waals surface area contributed by atoms with Crippen molar-refractivity contribution in [2.45, 2.75) is 78.8 Å². The van der Waals surface area contributed by atoms with E-state index in [4.69, 9.17) is 5.73 Å². The van der Waals surface area contributed by atoms with Gasteiger partial charge in [0.2, 0.25) is 0 Å². The Kier molecular flexibility index (Phi) is 6.13. The van der Waals surface area contributed by atoms with Gasteiger partial charge in [-0.1, -0.05) is 34.1 Å². The van der Waals surface area contributed by atoms with Crippen molar-refractivity contribution in [3.8, 4) is 0 Å². The Morgan fingerprint density at radius 3 is 2.44 bits per heavy atom. The summed E-state index contributed by atoms with van der Waals surface area (Å²) in [6, 6.07) is 1.08. The van der Waals surface area contributed by atoms with Crippen LogP contribution in [-0.4, -0.2) is 30.1 Å². The predicted molar refractivity (Wildman–Crippen MR) is 80.7 cm³/mol. The average Bonchev–Trinajstić information content (AvgIpc) is 2.60. The molecule has 3 unspecified atom stereocenters. The van der Waals surface area contributed by atoms with Crippen LogP contribution in [0.3, 0.4) is 0 Å². The molecule has 1 saturated carbocycles. The summed E-state index contributed by atoms with van der Waals surface area (Å²) >= 11 is 0. The van der Waals surface area contributed by atoms with Crippen LogP contribution in [0, 0.1) is 11.3 Å². The van der Waals surface area contributed by atoms with Crippen LogP contribution in [-0.2, 0) is 0 Å². The van der Waals surface area contributed by atoms with Crippen molar-refractivity contribution in [3.05, 3.63) is 0 Å². The van der Waals surface area contributed by atoms with E-state index in [-0.39, 0.29) is 0 Å². The molecule has 0 spiro atoms. The molecule has 0 radical (unpaired) electrons. The van der Waals surface area contributed by atoms with Crippen LogP contribution < -0.4 is 5.73 Å². The zero-order chi connectivity index (χ0) is 13.8. The van der Waals surface area contributed by atoms with Gasteiger partial charge in [0.15, 0.2) is 0 Å². The Morgan fingerprint density at radius 1 is 1.33 bits per heavy atom. The minimum atomic E-state index is 0.344. The van der Waals surface area contributed by atoms with Gasteiger partial charge in [0.1, 0.15) is 0 Å². The molecule has 2 nitrogen and oxygen atoms in total. The van der Waals surface area contributed by atoms with Gasteiger partial charge in [0.25, 0.3) is 0 Å². The molecule has 2 N–H and O–H groups in total. The van der Waals surface area contributed by atoms with Crippen LogP contribution >= 0.6 is 0 Å². The van der Waals surface area contributed by atoms with E-state index >= 15 is 0 Å². The maximum Gasteiger partial charge on any atom is 0.0131 e. The minimum absolute atomic E-state index is 0.344. The molecule has 1 fully saturated rings. The summed E-state index contributed by atoms with van der Waals surface area (Å²) in [6.07, 6.45) is 6.45. The highest BCUT2D eigenvalue weighted by atomic mass is 15.2. The number of hydrogen-bond donors (Lipinski definition) is 1. The van der Waals surface area contributed by atoms with Crippen molar-refractivity contribution in [2.75, 3.05) is 13.1 Å². The lowest BCUT2D eigenvalue weighted by atomic mass is 9.85. The second kappa shape index (κ2) is 6.91. The molecule has 0 aromatic heterocycles. The topological polar surface area (TPSA) is 29.3 Å². The zero-order valence-corrected chi connectivity index (χ0v) is 13.2. The number of hydrogen-bond acceptors (Lipinski definition) is 2. The lowest BCUT2D eigenvalue weighted by molar-refractivity contribution is 0.156. The molecule has 3 atom stereocenters. The van der Waals surface area contributed by atoms with E-state index < -0.39 is 0 Å². The summed E-state index contributed by atoms with van der Waals surface area (Å²) < 4.78 is 0. The van der Waals surface area contributed by atoms with Crippen LogP contribution in [0.2, 0.25) is 0 Å². The lowest BCUT2D eigenvalue weighted by Crippen LogP contribution is -2.44. The Morgan fingerprint density at radius 2 is 2.00 bits per heavy atom. The van der Waals surface area contributed by atoms with E-state index in [1.165, 1.54) is 45.2 Å². The standard InChI is InChI=1S/C16H34N2/c1-6-8-11-18(13(3)7-2)12-14-9-10-16(4,5)15(14)17/h13-15H,6-12,17H2,1-5H3. The first-order chi connectivity index (χ1) is 8.42. The van der Waals surface area contributed by atoms with Gasteiger partial charge < -0.3 is 10.6 Å². The van der Waals surface area contributed by atoms with Crippen LogP contribution in [0.5, 0.6) is 0 Å². The highest BCUT2D eigenvalue weighted by molar-refractivity contribution is 4.95. The third kappa shape index (κ3) is 3.96. The first-order valence-electron chi connectivity index (χ1n) is 7.92. The molecule has 18 heavy (non-hydrogen) atoms. The van der Waals surface area contributed by atoms with Gasteiger partial charge in [-0.15, -0.1) is 0 Å². The summed E-state index contributed by atoms with van der Waals surface area (Å²) in [6.45, 7) is 14.0. The molecule has 0 amide bonds. The molecule has 0 aromatic rings. The van der Waals surface area contributed by atoms with Gasteiger partial charge in [-0.3, -0.25) is 0 Å². The van der Waals surface area contributed by atoms with Crippen molar-refractivity contribution in [2.24, 2.45) is 17.1 Å². The number of nitrogens with two attached hydrogens (primary N) is 1. The Hall–Kier alpha value is -0.0800. The van der Waals surface area contributed by atoms with E-state index in [9.17, 15) is 0 Å². The van der Waals surface area contributed by atoms with Gasteiger partial charge in [0.05, 0.1) is 0 Å². The smallest absolute Gasteiger partial charge is 0.0131 e. The fourth-order valence-electron chi connectivity index (χ4n) is 3.16. The van der Waals surface area contributed by atoms with Gasteiger partial charge in [-0.2, -0.15) is 0 Å². The maximum atomic E-state index is 6.45. The normalized spacial score (nSPS) is 28.8. The summed E-state index contributed by atoms with van der Waals surface area (Å²) in [5, 5.41) is 0. The van der Waals surface area contributed by atoms with E-state index in [0.717, 1.165) is 0 Å².